The second-order valence-electron chi connectivity index (χ2n) is 4.90. The van der Waals surface area contributed by atoms with Crippen LogP contribution in [0.2, 0.25) is 0 Å². The molecular formula is C14H24IN3O2. The van der Waals surface area contributed by atoms with Crippen molar-refractivity contribution in [1.29, 1.82) is 0 Å². The van der Waals surface area contributed by atoms with Gasteiger partial charge < -0.3 is 15.2 Å². The fourth-order valence-electron chi connectivity index (χ4n) is 2.51. The molecule has 1 atom stereocenters. The summed E-state index contributed by atoms with van der Waals surface area (Å²) in [4.78, 5) is 12.2. The minimum atomic E-state index is -0.179. The molecule has 5 nitrogen and oxygen atoms in total. The van der Waals surface area contributed by atoms with Gasteiger partial charge in [0.1, 0.15) is 5.76 Å². The SMILES string of the molecule is CCNC(CC)(CC)C(C)NC(=O)c1cc(CI)on1. The van der Waals surface area contributed by atoms with Gasteiger partial charge in [-0.05, 0) is 26.3 Å². The lowest BCUT2D eigenvalue weighted by Crippen LogP contribution is -2.59. The second kappa shape index (κ2) is 7.97. The monoisotopic (exact) mass is 393 g/mol. The second-order valence-corrected chi connectivity index (χ2v) is 5.66. The smallest absolute Gasteiger partial charge is 0.273 e. The lowest BCUT2D eigenvalue weighted by Gasteiger charge is -2.39. The number of halogens is 1. The van der Waals surface area contributed by atoms with Gasteiger partial charge >= 0.3 is 0 Å². The van der Waals surface area contributed by atoms with Crippen LogP contribution >= 0.6 is 22.6 Å². The number of aromatic nitrogens is 1. The fourth-order valence-corrected chi connectivity index (χ4v) is 2.87. The highest BCUT2D eigenvalue weighted by Crippen LogP contribution is 2.20. The number of rotatable bonds is 8. The molecule has 0 saturated carbocycles. The maximum Gasteiger partial charge on any atom is 0.273 e. The first-order valence-corrected chi connectivity index (χ1v) is 8.62. The van der Waals surface area contributed by atoms with Crippen molar-refractivity contribution >= 4 is 28.5 Å². The molecule has 114 valence electrons. The van der Waals surface area contributed by atoms with E-state index in [0.29, 0.717) is 15.9 Å². The lowest BCUT2D eigenvalue weighted by molar-refractivity contribution is 0.0894. The van der Waals surface area contributed by atoms with Gasteiger partial charge in [-0.2, -0.15) is 0 Å². The Bertz CT molecular complexity index is 430. The zero-order valence-corrected chi connectivity index (χ0v) is 14.8. The van der Waals surface area contributed by atoms with E-state index in [1.54, 1.807) is 6.07 Å². The van der Waals surface area contributed by atoms with Crippen molar-refractivity contribution in [2.24, 2.45) is 0 Å². The highest BCUT2D eigenvalue weighted by molar-refractivity contribution is 14.1. The van der Waals surface area contributed by atoms with E-state index in [4.69, 9.17) is 4.52 Å². The van der Waals surface area contributed by atoms with E-state index < -0.39 is 0 Å². The van der Waals surface area contributed by atoms with Gasteiger partial charge in [0.05, 0.1) is 4.43 Å². The third kappa shape index (κ3) is 3.94. The van der Waals surface area contributed by atoms with Gasteiger partial charge in [-0.3, -0.25) is 4.79 Å². The number of carbonyl (C=O) groups excluding carboxylic acids is 1. The van der Waals surface area contributed by atoms with Crippen LogP contribution in [0.15, 0.2) is 10.6 Å². The quantitative estimate of drug-likeness (QED) is 0.527. The number of nitrogens with zero attached hydrogens (tertiary/aromatic N) is 1. The van der Waals surface area contributed by atoms with Crippen LogP contribution in [0.4, 0.5) is 0 Å². The maximum absolute atomic E-state index is 12.2. The molecule has 1 amide bonds. The summed E-state index contributed by atoms with van der Waals surface area (Å²) in [5.41, 5.74) is 0.265. The van der Waals surface area contributed by atoms with Crippen molar-refractivity contribution in [1.82, 2.24) is 15.8 Å². The highest BCUT2D eigenvalue weighted by Gasteiger charge is 2.33. The molecule has 0 aliphatic carbocycles. The molecule has 0 radical (unpaired) electrons. The summed E-state index contributed by atoms with van der Waals surface area (Å²) in [5.74, 6) is 0.536. The summed E-state index contributed by atoms with van der Waals surface area (Å²) in [7, 11) is 0. The molecule has 0 aliphatic rings. The minimum absolute atomic E-state index is 0.0182. The molecule has 0 bridgehead atoms. The summed E-state index contributed by atoms with van der Waals surface area (Å²) in [5, 5.41) is 10.4. The first-order valence-electron chi connectivity index (χ1n) is 7.10. The van der Waals surface area contributed by atoms with Gasteiger partial charge in [-0.25, -0.2) is 0 Å². The van der Waals surface area contributed by atoms with Crippen molar-refractivity contribution in [3.63, 3.8) is 0 Å². The Hall–Kier alpha value is -0.630. The van der Waals surface area contributed by atoms with E-state index in [1.807, 2.05) is 6.92 Å². The third-order valence-electron chi connectivity index (χ3n) is 3.89. The van der Waals surface area contributed by atoms with Crippen molar-refractivity contribution in [2.45, 2.75) is 56.5 Å². The largest absolute Gasteiger partial charge is 0.360 e. The number of carbonyl (C=O) groups is 1. The molecule has 1 aromatic heterocycles. The molecule has 0 spiro atoms. The summed E-state index contributed by atoms with van der Waals surface area (Å²) < 4.78 is 5.78. The van der Waals surface area contributed by atoms with Crippen molar-refractivity contribution in [3.05, 3.63) is 17.5 Å². The van der Waals surface area contributed by atoms with Gasteiger partial charge in [-0.15, -0.1) is 0 Å². The first kappa shape index (κ1) is 17.4. The zero-order valence-electron chi connectivity index (χ0n) is 12.6. The van der Waals surface area contributed by atoms with E-state index in [1.165, 1.54) is 0 Å². The van der Waals surface area contributed by atoms with Crippen LogP contribution in [-0.4, -0.2) is 29.2 Å². The Morgan fingerprint density at radius 2 is 2.10 bits per heavy atom. The summed E-state index contributed by atoms with van der Waals surface area (Å²) in [6.07, 6.45) is 1.91. The maximum atomic E-state index is 12.2. The average Bonchev–Trinajstić information content (AvgIpc) is 2.93. The van der Waals surface area contributed by atoms with Crippen molar-refractivity contribution in [3.8, 4) is 0 Å². The van der Waals surface area contributed by atoms with Crippen LogP contribution in [-0.2, 0) is 4.43 Å². The van der Waals surface area contributed by atoms with Crippen molar-refractivity contribution < 1.29 is 9.32 Å². The summed E-state index contributed by atoms with van der Waals surface area (Å²) >= 11 is 2.18. The molecule has 0 aromatic carbocycles. The topological polar surface area (TPSA) is 67.2 Å². The first-order chi connectivity index (χ1) is 9.52. The molecule has 1 heterocycles. The van der Waals surface area contributed by atoms with Gasteiger partial charge in [0.2, 0.25) is 0 Å². The van der Waals surface area contributed by atoms with Crippen LogP contribution in [0.5, 0.6) is 0 Å². The lowest BCUT2D eigenvalue weighted by atomic mass is 9.85. The molecule has 1 rings (SSSR count). The molecule has 6 heteroatoms. The van der Waals surface area contributed by atoms with E-state index in [2.05, 4.69) is 59.2 Å². The summed E-state index contributed by atoms with van der Waals surface area (Å²) in [6.45, 7) is 9.27. The average molecular weight is 393 g/mol. The normalized spacial score (nSPS) is 13.2. The number of nitrogens with one attached hydrogen (secondary N) is 2. The van der Waals surface area contributed by atoms with Gasteiger partial charge in [-0.1, -0.05) is 48.5 Å². The third-order valence-corrected chi connectivity index (χ3v) is 4.64. The number of hydrogen-bond donors (Lipinski definition) is 2. The predicted octanol–water partition coefficient (Wildman–Crippen LogP) is 2.90. The van der Waals surface area contributed by atoms with E-state index >= 15 is 0 Å². The van der Waals surface area contributed by atoms with Gasteiger partial charge in [0.15, 0.2) is 5.69 Å². The van der Waals surface area contributed by atoms with Crippen LogP contribution in [0, 0.1) is 0 Å². The van der Waals surface area contributed by atoms with Gasteiger partial charge in [0.25, 0.3) is 5.91 Å². The van der Waals surface area contributed by atoms with E-state index in [0.717, 1.165) is 19.4 Å². The molecule has 1 aromatic rings. The number of hydrogen-bond acceptors (Lipinski definition) is 4. The van der Waals surface area contributed by atoms with Crippen LogP contribution in [0.1, 0.15) is 56.8 Å². The predicted molar refractivity (Wildman–Crippen MR) is 88.1 cm³/mol. The molecule has 1 unspecified atom stereocenters. The zero-order chi connectivity index (χ0) is 15.2. The Morgan fingerprint density at radius 1 is 1.45 bits per heavy atom. The highest BCUT2D eigenvalue weighted by atomic mass is 127. The molecule has 0 aliphatic heterocycles. The summed E-state index contributed by atoms with van der Waals surface area (Å²) in [6, 6.07) is 1.71. The molecular weight excluding hydrogens is 369 g/mol. The van der Waals surface area contributed by atoms with Gasteiger partial charge in [0, 0.05) is 17.6 Å². The molecule has 20 heavy (non-hydrogen) atoms. The standard InChI is InChI=1S/C14H24IN3O2/c1-5-14(6-2,16-7-3)10(4)17-13(19)12-8-11(9-15)20-18-12/h8,10,16H,5-7,9H2,1-4H3,(H,17,19). The number of likely N-dealkylation sites (N-methyl/N-ethyl adjacent to an activating group) is 1. The number of alkyl halides is 1. The fraction of sp³-hybridized carbons (Fsp3) is 0.714. The Balaban J connectivity index is 2.76. The molecule has 0 saturated heterocycles. The van der Waals surface area contributed by atoms with Crippen LogP contribution in [0.25, 0.3) is 0 Å². The number of amides is 1. The molecule has 0 fully saturated rings. The van der Waals surface area contributed by atoms with Crippen molar-refractivity contribution in [2.75, 3.05) is 6.54 Å². The Kier molecular flexibility index (Phi) is 6.94. The minimum Gasteiger partial charge on any atom is -0.360 e. The van der Waals surface area contributed by atoms with Crippen LogP contribution in [0.3, 0.4) is 0 Å². The Labute approximate surface area is 134 Å². The van der Waals surface area contributed by atoms with E-state index in [-0.39, 0.29) is 17.5 Å². The Morgan fingerprint density at radius 3 is 2.55 bits per heavy atom. The van der Waals surface area contributed by atoms with E-state index in [9.17, 15) is 4.79 Å². The van der Waals surface area contributed by atoms with Crippen LogP contribution < -0.4 is 10.6 Å². The molecule has 2 N–H and O–H groups in total.